The molecule has 0 spiro atoms. The molecule has 1 N–H and O–H groups in total. The highest BCUT2D eigenvalue weighted by molar-refractivity contribution is 5.70. The summed E-state index contributed by atoms with van der Waals surface area (Å²) in [6.07, 6.45) is 2.01. The lowest BCUT2D eigenvalue weighted by Gasteiger charge is -2.22. The van der Waals surface area contributed by atoms with Gasteiger partial charge in [0, 0.05) is 35.7 Å². The first-order chi connectivity index (χ1) is 15.0. The molecule has 2 heteroatoms. The fraction of sp³-hybridized carbons (Fsp3) is 0.379. The molecule has 3 aromatic carbocycles. The molecule has 0 bridgehead atoms. The van der Waals surface area contributed by atoms with E-state index in [4.69, 9.17) is 4.74 Å². The second kappa shape index (κ2) is 9.18. The van der Waals surface area contributed by atoms with Crippen molar-refractivity contribution in [3.63, 3.8) is 0 Å². The Morgan fingerprint density at radius 1 is 0.935 bits per heavy atom. The van der Waals surface area contributed by atoms with Gasteiger partial charge in [0.05, 0.1) is 6.61 Å². The zero-order chi connectivity index (χ0) is 22.0. The lowest BCUT2D eigenvalue weighted by Crippen LogP contribution is -2.08. The molecule has 3 aromatic rings. The zero-order valence-electron chi connectivity index (χ0n) is 19.6. The number of nitrogens with one attached hydrogen (secondary N) is 1. The molecule has 0 saturated heterocycles. The molecule has 4 rings (SSSR count). The zero-order valence-corrected chi connectivity index (χ0v) is 19.6. The van der Waals surface area contributed by atoms with Gasteiger partial charge in [-0.3, -0.25) is 0 Å². The predicted octanol–water partition coefficient (Wildman–Crippen LogP) is 7.52. The van der Waals surface area contributed by atoms with Crippen LogP contribution >= 0.6 is 0 Å². The van der Waals surface area contributed by atoms with Crippen molar-refractivity contribution in [2.24, 2.45) is 0 Å². The molecule has 0 aliphatic carbocycles. The molecule has 1 atom stereocenters. The summed E-state index contributed by atoms with van der Waals surface area (Å²) in [6.45, 7) is 12.9. The fourth-order valence-electron chi connectivity index (χ4n) is 4.80. The quantitative estimate of drug-likeness (QED) is 0.432. The largest absolute Gasteiger partial charge is 0.492 e. The summed E-state index contributed by atoms with van der Waals surface area (Å²) >= 11 is 0. The van der Waals surface area contributed by atoms with Crippen LogP contribution in [0.4, 0.5) is 5.69 Å². The smallest absolute Gasteiger partial charge is 0.127 e. The van der Waals surface area contributed by atoms with Gasteiger partial charge in [-0.05, 0) is 54.0 Å². The molecule has 1 aliphatic heterocycles. The maximum Gasteiger partial charge on any atom is 0.127 e. The summed E-state index contributed by atoms with van der Waals surface area (Å²) in [4.78, 5) is 0. The van der Waals surface area contributed by atoms with Gasteiger partial charge < -0.3 is 10.1 Å². The van der Waals surface area contributed by atoms with Crippen molar-refractivity contribution in [3.05, 3.63) is 93.5 Å². The molecule has 1 heterocycles. The minimum absolute atomic E-state index is 0.481. The van der Waals surface area contributed by atoms with Crippen molar-refractivity contribution < 1.29 is 4.74 Å². The standard InChI is InChI=1S/C29H35NO/c1-6-24-18-31-29-26(16-22-12-14-25(15-13-22)19(2)3)20(4)28(21(5)27(24)29)30-17-23-10-8-7-9-11-23/h7-15,19,24,30H,6,16-18H2,1-5H3. The van der Waals surface area contributed by atoms with E-state index in [9.17, 15) is 0 Å². The maximum absolute atomic E-state index is 6.32. The second-order valence-electron chi connectivity index (χ2n) is 9.17. The van der Waals surface area contributed by atoms with Crippen LogP contribution in [0.2, 0.25) is 0 Å². The van der Waals surface area contributed by atoms with E-state index in [0.717, 1.165) is 31.7 Å². The van der Waals surface area contributed by atoms with Crippen LogP contribution in [0.15, 0.2) is 54.6 Å². The third-order valence-corrected chi connectivity index (χ3v) is 6.79. The van der Waals surface area contributed by atoms with Crippen molar-refractivity contribution in [1.29, 1.82) is 0 Å². The van der Waals surface area contributed by atoms with E-state index in [1.54, 1.807) is 0 Å². The Bertz CT molecular complexity index is 1030. The Kier molecular flexibility index (Phi) is 6.36. The number of fused-ring (bicyclic) bond motifs is 1. The highest BCUT2D eigenvalue weighted by Gasteiger charge is 2.30. The average Bonchev–Trinajstić information content (AvgIpc) is 3.22. The van der Waals surface area contributed by atoms with Gasteiger partial charge in [0.15, 0.2) is 0 Å². The van der Waals surface area contributed by atoms with E-state index in [2.05, 4.69) is 94.5 Å². The van der Waals surface area contributed by atoms with Crippen LogP contribution in [0.5, 0.6) is 5.75 Å². The molecular weight excluding hydrogens is 378 g/mol. The monoisotopic (exact) mass is 413 g/mol. The highest BCUT2D eigenvalue weighted by atomic mass is 16.5. The maximum atomic E-state index is 6.32. The molecule has 1 aliphatic rings. The lowest BCUT2D eigenvalue weighted by molar-refractivity contribution is 0.326. The van der Waals surface area contributed by atoms with Gasteiger partial charge in [0.1, 0.15) is 5.75 Å². The number of rotatable bonds is 7. The van der Waals surface area contributed by atoms with Gasteiger partial charge in [-0.15, -0.1) is 0 Å². The fourth-order valence-corrected chi connectivity index (χ4v) is 4.80. The third-order valence-electron chi connectivity index (χ3n) is 6.79. The van der Waals surface area contributed by atoms with E-state index in [0.29, 0.717) is 11.8 Å². The molecular formula is C29H35NO. The van der Waals surface area contributed by atoms with Gasteiger partial charge in [-0.1, -0.05) is 75.4 Å². The van der Waals surface area contributed by atoms with Crippen LogP contribution < -0.4 is 10.1 Å². The van der Waals surface area contributed by atoms with Crippen molar-refractivity contribution >= 4 is 5.69 Å². The Labute approximate surface area is 187 Å². The molecule has 0 amide bonds. The molecule has 1 unspecified atom stereocenters. The van der Waals surface area contributed by atoms with Crippen LogP contribution in [-0.2, 0) is 13.0 Å². The molecule has 0 radical (unpaired) electrons. The lowest BCUT2D eigenvalue weighted by atomic mass is 9.86. The van der Waals surface area contributed by atoms with E-state index in [1.165, 1.54) is 44.6 Å². The van der Waals surface area contributed by atoms with Crippen LogP contribution in [0.1, 0.15) is 78.0 Å². The first kappa shape index (κ1) is 21.5. The van der Waals surface area contributed by atoms with Crippen LogP contribution in [-0.4, -0.2) is 6.61 Å². The minimum atomic E-state index is 0.481. The third kappa shape index (κ3) is 4.35. The van der Waals surface area contributed by atoms with E-state index < -0.39 is 0 Å². The Hall–Kier alpha value is -2.74. The van der Waals surface area contributed by atoms with Crippen LogP contribution in [0.3, 0.4) is 0 Å². The summed E-state index contributed by atoms with van der Waals surface area (Å²) in [6, 6.07) is 19.7. The first-order valence-corrected chi connectivity index (χ1v) is 11.6. The molecule has 162 valence electrons. The Morgan fingerprint density at radius 3 is 2.29 bits per heavy atom. The summed E-state index contributed by atoms with van der Waals surface area (Å²) in [5, 5.41) is 3.77. The number of hydrogen-bond donors (Lipinski definition) is 1. The number of benzene rings is 3. The van der Waals surface area contributed by atoms with Crippen molar-refractivity contribution in [1.82, 2.24) is 0 Å². The summed E-state index contributed by atoms with van der Waals surface area (Å²) in [5.41, 5.74) is 10.7. The van der Waals surface area contributed by atoms with Crippen molar-refractivity contribution in [3.8, 4) is 5.75 Å². The SMILES string of the molecule is CCC1COc2c(Cc3ccc(C(C)C)cc3)c(C)c(NCc3ccccc3)c(C)c21. The van der Waals surface area contributed by atoms with Crippen molar-refractivity contribution in [2.75, 3.05) is 11.9 Å². The molecule has 31 heavy (non-hydrogen) atoms. The van der Waals surface area contributed by atoms with Gasteiger partial charge in [0.2, 0.25) is 0 Å². The molecule has 0 saturated carbocycles. The second-order valence-corrected chi connectivity index (χ2v) is 9.17. The minimum Gasteiger partial charge on any atom is -0.492 e. The van der Waals surface area contributed by atoms with E-state index in [1.807, 2.05) is 0 Å². The number of anilines is 1. The van der Waals surface area contributed by atoms with Crippen LogP contribution in [0.25, 0.3) is 0 Å². The first-order valence-electron chi connectivity index (χ1n) is 11.6. The van der Waals surface area contributed by atoms with Gasteiger partial charge in [-0.25, -0.2) is 0 Å². The van der Waals surface area contributed by atoms with E-state index >= 15 is 0 Å². The normalized spacial score (nSPS) is 15.1. The Balaban J connectivity index is 1.72. The highest BCUT2D eigenvalue weighted by Crippen LogP contribution is 2.46. The molecule has 0 fully saturated rings. The summed E-state index contributed by atoms with van der Waals surface area (Å²) < 4.78 is 6.32. The average molecular weight is 414 g/mol. The van der Waals surface area contributed by atoms with Gasteiger partial charge in [0.25, 0.3) is 0 Å². The van der Waals surface area contributed by atoms with Crippen molar-refractivity contribution in [2.45, 2.75) is 65.8 Å². The number of hydrogen-bond acceptors (Lipinski definition) is 2. The van der Waals surface area contributed by atoms with Gasteiger partial charge in [-0.2, -0.15) is 0 Å². The predicted molar refractivity (Wildman–Crippen MR) is 132 cm³/mol. The van der Waals surface area contributed by atoms with Crippen LogP contribution in [0, 0.1) is 13.8 Å². The van der Waals surface area contributed by atoms with Gasteiger partial charge >= 0.3 is 0 Å². The number of ether oxygens (including phenoxy) is 1. The molecule has 2 nitrogen and oxygen atoms in total. The topological polar surface area (TPSA) is 21.3 Å². The Morgan fingerprint density at radius 2 is 1.65 bits per heavy atom. The summed E-state index contributed by atoms with van der Waals surface area (Å²) in [7, 11) is 0. The molecule has 0 aromatic heterocycles. The summed E-state index contributed by atoms with van der Waals surface area (Å²) in [5.74, 6) is 2.18. The van der Waals surface area contributed by atoms with E-state index in [-0.39, 0.29) is 0 Å².